The molecule has 0 saturated carbocycles. The zero-order chi connectivity index (χ0) is 28.0. The highest BCUT2D eigenvalue weighted by molar-refractivity contribution is 7.92. The maximum absolute atomic E-state index is 13.8. The molecule has 1 N–H and O–H groups in total. The average molecular weight is 568 g/mol. The van der Waals surface area contributed by atoms with Gasteiger partial charge in [0.25, 0.3) is 10.0 Å². The summed E-state index contributed by atoms with van der Waals surface area (Å²) in [5.41, 5.74) is -0.210. The maximum Gasteiger partial charge on any atom is 0.416 e. The van der Waals surface area contributed by atoms with Crippen molar-refractivity contribution in [3.63, 3.8) is 0 Å². The number of fused-ring (bicyclic) bond motifs is 1. The Morgan fingerprint density at radius 1 is 1.11 bits per heavy atom. The van der Waals surface area contributed by atoms with E-state index in [-0.39, 0.29) is 24.4 Å². The predicted octanol–water partition coefficient (Wildman–Crippen LogP) is 6.79. The molecule has 0 unspecified atom stereocenters. The van der Waals surface area contributed by atoms with Gasteiger partial charge in [0.1, 0.15) is 11.9 Å². The molecule has 1 aliphatic heterocycles. The first-order valence-electron chi connectivity index (χ1n) is 11.6. The van der Waals surface area contributed by atoms with Crippen LogP contribution in [0.2, 0.25) is 5.02 Å². The number of anilines is 1. The summed E-state index contributed by atoms with van der Waals surface area (Å²) in [7, 11) is -4.51. The molecule has 4 rings (SSSR count). The largest absolute Gasteiger partial charge is 0.486 e. The van der Waals surface area contributed by atoms with Gasteiger partial charge in [-0.2, -0.15) is 13.2 Å². The molecule has 0 fully saturated rings. The number of carbonyl (C=O) groups is 1. The predicted molar refractivity (Wildman–Crippen MR) is 138 cm³/mol. The molecular formula is C27H25ClF3NO5S. The van der Waals surface area contributed by atoms with Crippen molar-refractivity contribution in [3.05, 3.63) is 76.8 Å². The average Bonchev–Trinajstić information content (AvgIpc) is 2.84. The van der Waals surface area contributed by atoms with Gasteiger partial charge in [0.15, 0.2) is 0 Å². The van der Waals surface area contributed by atoms with Gasteiger partial charge in [0.2, 0.25) is 0 Å². The smallest absolute Gasteiger partial charge is 0.416 e. The standard InChI is InChI=1S/C27H25ClF3NO5S/c1-16-6-4-9-21(24(16)28)17-10-11-23-22(12-17)32(15-19(37-23)14-26(2,3)25(33)34)38(35,36)20-8-5-7-18(13-20)27(29,30)31/h4-13,19H,14-15H2,1-3H3,(H,33,34)/t19-/m0/s1. The summed E-state index contributed by atoms with van der Waals surface area (Å²) in [6.07, 6.45) is -5.65. The van der Waals surface area contributed by atoms with Crippen molar-refractivity contribution in [3.8, 4) is 16.9 Å². The van der Waals surface area contributed by atoms with Gasteiger partial charge < -0.3 is 9.84 Å². The summed E-state index contributed by atoms with van der Waals surface area (Å²) < 4.78 is 74.7. The Labute approximate surface area is 223 Å². The molecule has 0 bridgehead atoms. The minimum Gasteiger partial charge on any atom is -0.486 e. The quantitative estimate of drug-likeness (QED) is 0.354. The number of rotatable bonds is 6. The SMILES string of the molecule is Cc1cccc(-c2ccc3c(c2)N(S(=O)(=O)c2cccc(C(F)(F)F)c2)C[C@H](CC(C)(C)C(=O)O)O3)c1Cl. The van der Waals surface area contributed by atoms with Crippen LogP contribution in [0.15, 0.2) is 65.6 Å². The first-order chi connectivity index (χ1) is 17.6. The highest BCUT2D eigenvalue weighted by Crippen LogP contribution is 2.43. The third-order valence-electron chi connectivity index (χ3n) is 6.46. The van der Waals surface area contributed by atoms with E-state index in [1.807, 2.05) is 13.0 Å². The number of nitrogens with zero attached hydrogens (tertiary/aromatic N) is 1. The maximum atomic E-state index is 13.8. The van der Waals surface area contributed by atoms with Gasteiger partial charge in [-0.15, -0.1) is 0 Å². The van der Waals surface area contributed by atoms with Crippen LogP contribution in [0.3, 0.4) is 0 Å². The van der Waals surface area contributed by atoms with Crippen LogP contribution in [0.25, 0.3) is 11.1 Å². The van der Waals surface area contributed by atoms with Crippen molar-refractivity contribution >= 4 is 33.3 Å². The normalized spacial score (nSPS) is 16.1. The second kappa shape index (κ2) is 9.81. The molecule has 1 atom stereocenters. The van der Waals surface area contributed by atoms with Gasteiger partial charge in [-0.25, -0.2) is 8.42 Å². The molecule has 202 valence electrons. The van der Waals surface area contributed by atoms with Crippen molar-refractivity contribution in [1.82, 2.24) is 0 Å². The lowest BCUT2D eigenvalue weighted by atomic mass is 9.86. The molecule has 0 amide bonds. The fourth-order valence-corrected chi connectivity index (χ4v) is 6.08. The number of alkyl halides is 3. The van der Waals surface area contributed by atoms with E-state index in [4.69, 9.17) is 16.3 Å². The minimum atomic E-state index is -4.74. The van der Waals surface area contributed by atoms with Crippen LogP contribution in [0.4, 0.5) is 18.9 Å². The number of aliphatic carboxylic acids is 1. The first-order valence-corrected chi connectivity index (χ1v) is 13.4. The summed E-state index contributed by atoms with van der Waals surface area (Å²) in [5.74, 6) is -0.936. The van der Waals surface area contributed by atoms with Crippen molar-refractivity contribution in [2.24, 2.45) is 5.41 Å². The molecular weight excluding hydrogens is 543 g/mol. The third kappa shape index (κ3) is 5.33. The van der Waals surface area contributed by atoms with Crippen molar-refractivity contribution in [2.75, 3.05) is 10.8 Å². The Kier molecular flexibility index (Phi) is 7.18. The molecule has 0 spiro atoms. The Bertz CT molecular complexity index is 1500. The first kappa shape index (κ1) is 27.8. The van der Waals surface area contributed by atoms with Gasteiger partial charge in [-0.3, -0.25) is 9.10 Å². The number of ether oxygens (including phenoxy) is 1. The number of halogens is 4. The lowest BCUT2D eigenvalue weighted by Gasteiger charge is -2.38. The molecule has 11 heteroatoms. The molecule has 1 heterocycles. The highest BCUT2D eigenvalue weighted by Gasteiger charge is 2.40. The van der Waals surface area contributed by atoms with Gasteiger partial charge in [-0.1, -0.05) is 41.9 Å². The third-order valence-corrected chi connectivity index (χ3v) is 8.74. The Morgan fingerprint density at radius 2 is 1.79 bits per heavy atom. The molecule has 3 aromatic carbocycles. The number of carboxylic acids is 1. The molecule has 0 aliphatic carbocycles. The van der Waals surface area contributed by atoms with E-state index < -0.39 is 44.1 Å². The molecule has 0 radical (unpaired) electrons. The summed E-state index contributed by atoms with van der Waals surface area (Å²) in [6, 6.07) is 13.7. The van der Waals surface area contributed by atoms with Gasteiger partial charge >= 0.3 is 12.1 Å². The molecule has 0 saturated heterocycles. The summed E-state index contributed by atoms with van der Waals surface area (Å²) in [4.78, 5) is 11.2. The second-order valence-electron chi connectivity index (χ2n) is 9.81. The monoisotopic (exact) mass is 567 g/mol. The van der Waals surface area contributed by atoms with Crippen LogP contribution in [0, 0.1) is 12.3 Å². The van der Waals surface area contributed by atoms with Crippen LogP contribution in [-0.2, 0) is 21.0 Å². The number of sulfonamides is 1. The molecule has 0 aromatic heterocycles. The van der Waals surface area contributed by atoms with Crippen molar-refractivity contribution in [2.45, 2.75) is 44.4 Å². The Balaban J connectivity index is 1.86. The van der Waals surface area contributed by atoms with E-state index in [0.717, 1.165) is 28.1 Å². The van der Waals surface area contributed by atoms with Crippen LogP contribution in [0.1, 0.15) is 31.4 Å². The topological polar surface area (TPSA) is 83.9 Å². The van der Waals surface area contributed by atoms with E-state index in [1.54, 1.807) is 30.3 Å². The molecule has 6 nitrogen and oxygen atoms in total. The van der Waals surface area contributed by atoms with Gasteiger partial charge in [0, 0.05) is 12.0 Å². The summed E-state index contributed by atoms with van der Waals surface area (Å²) in [5, 5.41) is 10.1. The van der Waals surface area contributed by atoms with Crippen molar-refractivity contribution in [1.29, 1.82) is 0 Å². The highest BCUT2D eigenvalue weighted by atomic mass is 35.5. The van der Waals surface area contributed by atoms with E-state index in [0.29, 0.717) is 22.2 Å². The van der Waals surface area contributed by atoms with Crippen molar-refractivity contribution < 1.29 is 36.2 Å². The fourth-order valence-electron chi connectivity index (χ4n) is 4.30. The van der Waals surface area contributed by atoms with Crippen LogP contribution >= 0.6 is 11.6 Å². The minimum absolute atomic E-state index is 0.0398. The van der Waals surface area contributed by atoms with Gasteiger partial charge in [-0.05, 0) is 62.2 Å². The second-order valence-corrected chi connectivity index (χ2v) is 12.1. The molecule has 38 heavy (non-hydrogen) atoms. The fraction of sp³-hybridized carbons (Fsp3) is 0.296. The molecule has 1 aliphatic rings. The van der Waals surface area contributed by atoms with E-state index in [1.165, 1.54) is 13.8 Å². The Morgan fingerprint density at radius 3 is 2.45 bits per heavy atom. The number of benzene rings is 3. The number of aryl methyl sites for hydroxylation is 1. The van der Waals surface area contributed by atoms with Crippen LogP contribution in [-0.4, -0.2) is 32.1 Å². The van der Waals surface area contributed by atoms with E-state index >= 15 is 0 Å². The van der Waals surface area contributed by atoms with Crippen LogP contribution < -0.4 is 9.04 Å². The van der Waals surface area contributed by atoms with Gasteiger partial charge in [0.05, 0.1) is 33.1 Å². The lowest BCUT2D eigenvalue weighted by Crippen LogP contribution is -2.46. The zero-order valence-electron chi connectivity index (χ0n) is 20.7. The molecule has 3 aromatic rings. The van der Waals surface area contributed by atoms with Crippen LogP contribution in [0.5, 0.6) is 5.75 Å². The lowest BCUT2D eigenvalue weighted by molar-refractivity contribution is -0.148. The Hall–Kier alpha value is -3.24. The van der Waals surface area contributed by atoms with E-state index in [9.17, 15) is 31.5 Å². The van der Waals surface area contributed by atoms with E-state index in [2.05, 4.69) is 0 Å². The zero-order valence-corrected chi connectivity index (χ0v) is 22.3. The number of hydrogen-bond acceptors (Lipinski definition) is 4. The number of hydrogen-bond donors (Lipinski definition) is 1. The summed E-state index contributed by atoms with van der Waals surface area (Å²) >= 11 is 6.49. The summed E-state index contributed by atoms with van der Waals surface area (Å²) in [6.45, 7) is 4.51. The number of carboxylic acid groups (broad SMARTS) is 1.